The largest absolute Gasteiger partial charge is 0.378 e. The van der Waals surface area contributed by atoms with Gasteiger partial charge in [-0.3, -0.25) is 0 Å². The molecule has 0 N–H and O–H groups in total. The van der Waals surface area contributed by atoms with E-state index in [0.29, 0.717) is 5.17 Å². The minimum absolute atomic E-state index is 0.468. The van der Waals surface area contributed by atoms with E-state index in [0.717, 1.165) is 52.5 Å². The van der Waals surface area contributed by atoms with Gasteiger partial charge in [0.2, 0.25) is 11.4 Å². The van der Waals surface area contributed by atoms with Crippen LogP contribution in [-0.4, -0.2) is 42.2 Å². The molecule has 130 valence electrons. The van der Waals surface area contributed by atoms with Crippen LogP contribution < -0.4 is 4.90 Å². The Morgan fingerprint density at radius 3 is 2.81 bits per heavy atom. The van der Waals surface area contributed by atoms with Gasteiger partial charge >= 0.3 is 0 Å². The predicted octanol–water partition coefficient (Wildman–Crippen LogP) is 3.39. The Bertz CT molecular complexity index is 921. The molecule has 26 heavy (non-hydrogen) atoms. The minimum Gasteiger partial charge on any atom is -0.378 e. The Morgan fingerprint density at radius 2 is 2.04 bits per heavy atom. The lowest BCUT2D eigenvalue weighted by molar-refractivity contribution is 0.122. The number of nitrogens with zero attached hydrogens (tertiary/aromatic N) is 5. The number of nitriles is 1. The Kier molecular flexibility index (Phi) is 5.11. The molecule has 0 unspecified atom stereocenters. The number of amidine groups is 1. The van der Waals surface area contributed by atoms with Gasteiger partial charge in [-0.2, -0.15) is 5.26 Å². The van der Waals surface area contributed by atoms with Crippen molar-refractivity contribution in [2.75, 3.05) is 31.2 Å². The highest BCUT2D eigenvalue weighted by Gasteiger charge is 2.22. The Hall–Kier alpha value is -2.47. The van der Waals surface area contributed by atoms with E-state index in [1.54, 1.807) is 11.3 Å². The SMILES string of the molecule is N#CN=C1N=C(c2ccccc2)/C(=C/c2cnc(N3CCOCC3)s2)S1. The summed E-state index contributed by atoms with van der Waals surface area (Å²) >= 11 is 3.06. The van der Waals surface area contributed by atoms with Gasteiger partial charge in [-0.25, -0.2) is 9.98 Å². The van der Waals surface area contributed by atoms with Crippen LogP contribution in [0.1, 0.15) is 10.4 Å². The maximum atomic E-state index is 8.84. The van der Waals surface area contributed by atoms with Crippen molar-refractivity contribution >= 4 is 45.2 Å². The summed E-state index contributed by atoms with van der Waals surface area (Å²) < 4.78 is 5.40. The molecule has 2 aliphatic heterocycles. The summed E-state index contributed by atoms with van der Waals surface area (Å²) in [5, 5.41) is 10.3. The van der Waals surface area contributed by atoms with Crippen molar-refractivity contribution in [3.8, 4) is 6.19 Å². The molecule has 3 heterocycles. The normalized spacial score (nSPS) is 20.4. The van der Waals surface area contributed by atoms with Gasteiger partial charge in [0.1, 0.15) is 0 Å². The first-order valence-electron chi connectivity index (χ1n) is 8.13. The fourth-order valence-corrected chi connectivity index (χ4v) is 4.54. The molecular weight excluding hydrogens is 366 g/mol. The molecule has 1 saturated heterocycles. The predicted molar refractivity (Wildman–Crippen MR) is 107 cm³/mol. The van der Waals surface area contributed by atoms with E-state index in [2.05, 4.69) is 25.9 Å². The number of rotatable bonds is 3. The number of aromatic nitrogens is 1. The zero-order valence-corrected chi connectivity index (χ0v) is 15.5. The number of allylic oxidation sites excluding steroid dienone is 1. The molecule has 0 saturated carbocycles. The van der Waals surface area contributed by atoms with Crippen molar-refractivity contribution in [2.45, 2.75) is 0 Å². The lowest BCUT2D eigenvalue weighted by atomic mass is 10.1. The van der Waals surface area contributed by atoms with E-state index in [4.69, 9.17) is 10.00 Å². The Labute approximate surface area is 159 Å². The van der Waals surface area contributed by atoms with Gasteiger partial charge in [0.15, 0.2) is 5.13 Å². The molecule has 0 amide bonds. The quantitative estimate of drug-likeness (QED) is 0.762. The lowest BCUT2D eigenvalue weighted by Crippen LogP contribution is -2.36. The van der Waals surface area contributed by atoms with Crippen molar-refractivity contribution < 1.29 is 4.74 Å². The molecule has 0 aliphatic carbocycles. The number of benzene rings is 1. The second-order valence-corrected chi connectivity index (χ2v) is 7.63. The number of aliphatic imine (C=N–C) groups is 2. The van der Waals surface area contributed by atoms with Gasteiger partial charge in [-0.1, -0.05) is 41.7 Å². The van der Waals surface area contributed by atoms with Crippen molar-refractivity contribution in [3.05, 3.63) is 51.9 Å². The zero-order chi connectivity index (χ0) is 17.8. The molecule has 2 aromatic rings. The third-order valence-corrected chi connectivity index (χ3v) is 5.80. The summed E-state index contributed by atoms with van der Waals surface area (Å²) in [5.74, 6) is 0. The van der Waals surface area contributed by atoms with E-state index >= 15 is 0 Å². The minimum atomic E-state index is 0.468. The molecule has 0 bridgehead atoms. The molecule has 0 radical (unpaired) electrons. The van der Waals surface area contributed by atoms with Crippen LogP contribution in [0.3, 0.4) is 0 Å². The number of anilines is 1. The average molecular weight is 381 g/mol. The van der Waals surface area contributed by atoms with E-state index in [1.807, 2.05) is 42.7 Å². The molecule has 1 fully saturated rings. The standard InChI is InChI=1S/C18H15N5OS2/c19-12-21-17-22-16(13-4-2-1-3-5-13)15(26-17)10-14-11-20-18(25-14)23-6-8-24-9-7-23/h1-5,10-11H,6-9H2/b15-10-,21-17?. The Balaban J connectivity index is 1.63. The van der Waals surface area contributed by atoms with Crippen molar-refractivity contribution in [1.29, 1.82) is 5.26 Å². The van der Waals surface area contributed by atoms with E-state index in [1.165, 1.54) is 11.8 Å². The molecule has 0 atom stereocenters. The Morgan fingerprint density at radius 1 is 1.23 bits per heavy atom. The fourth-order valence-electron chi connectivity index (χ4n) is 2.69. The highest BCUT2D eigenvalue weighted by atomic mass is 32.2. The summed E-state index contributed by atoms with van der Waals surface area (Å²) in [6.45, 7) is 3.22. The number of hydrogen-bond donors (Lipinski definition) is 0. The van der Waals surface area contributed by atoms with Crippen molar-refractivity contribution in [1.82, 2.24) is 4.98 Å². The molecule has 1 aromatic carbocycles. The second kappa shape index (κ2) is 7.83. The van der Waals surface area contributed by atoms with Gasteiger partial charge in [-0.15, -0.1) is 4.99 Å². The van der Waals surface area contributed by atoms with Crippen LogP contribution in [0, 0.1) is 11.5 Å². The smallest absolute Gasteiger partial charge is 0.208 e. The number of hydrogen-bond acceptors (Lipinski definition) is 7. The molecular formula is C18H15N5OS2. The number of morpholine rings is 1. The maximum absolute atomic E-state index is 8.84. The van der Waals surface area contributed by atoms with Crippen LogP contribution in [0.4, 0.5) is 5.13 Å². The van der Waals surface area contributed by atoms with Crippen LogP contribution in [0.2, 0.25) is 0 Å². The summed E-state index contributed by atoms with van der Waals surface area (Å²) in [4.78, 5) is 17.1. The molecule has 2 aliphatic rings. The monoisotopic (exact) mass is 381 g/mol. The molecule has 8 heteroatoms. The maximum Gasteiger partial charge on any atom is 0.208 e. The second-order valence-electron chi connectivity index (χ2n) is 5.58. The number of thioether (sulfide) groups is 1. The average Bonchev–Trinajstić information content (AvgIpc) is 3.31. The summed E-state index contributed by atoms with van der Waals surface area (Å²) in [6.07, 6.45) is 5.77. The third kappa shape index (κ3) is 3.70. The van der Waals surface area contributed by atoms with Gasteiger partial charge in [0.25, 0.3) is 0 Å². The van der Waals surface area contributed by atoms with Crippen LogP contribution in [0.5, 0.6) is 0 Å². The van der Waals surface area contributed by atoms with Crippen molar-refractivity contribution in [2.24, 2.45) is 9.98 Å². The topological polar surface area (TPSA) is 73.9 Å². The van der Waals surface area contributed by atoms with Gasteiger partial charge in [-0.05, 0) is 17.8 Å². The van der Waals surface area contributed by atoms with Crippen LogP contribution in [0.15, 0.2) is 51.4 Å². The molecule has 4 rings (SSSR count). The molecule has 0 spiro atoms. The molecule has 1 aromatic heterocycles. The van der Waals surface area contributed by atoms with E-state index < -0.39 is 0 Å². The summed E-state index contributed by atoms with van der Waals surface area (Å²) in [5.41, 5.74) is 1.85. The van der Waals surface area contributed by atoms with Crippen LogP contribution >= 0.6 is 23.1 Å². The zero-order valence-electron chi connectivity index (χ0n) is 13.8. The van der Waals surface area contributed by atoms with Gasteiger partial charge < -0.3 is 9.64 Å². The first-order chi connectivity index (χ1) is 12.8. The number of thiazole rings is 1. The highest BCUT2D eigenvalue weighted by Crippen LogP contribution is 2.34. The van der Waals surface area contributed by atoms with Gasteiger partial charge in [0, 0.05) is 29.8 Å². The summed E-state index contributed by atoms with van der Waals surface area (Å²) in [6, 6.07) is 9.94. The highest BCUT2D eigenvalue weighted by molar-refractivity contribution is 8.18. The fraction of sp³-hybridized carbons (Fsp3) is 0.222. The van der Waals surface area contributed by atoms with Crippen LogP contribution in [0.25, 0.3) is 6.08 Å². The van der Waals surface area contributed by atoms with Gasteiger partial charge in [0.05, 0.1) is 23.8 Å². The number of ether oxygens (including phenoxy) is 1. The summed E-state index contributed by atoms with van der Waals surface area (Å²) in [7, 11) is 0. The first kappa shape index (κ1) is 17.0. The van der Waals surface area contributed by atoms with Crippen LogP contribution in [-0.2, 0) is 4.74 Å². The van der Waals surface area contributed by atoms with Crippen molar-refractivity contribution in [3.63, 3.8) is 0 Å². The van der Waals surface area contributed by atoms with E-state index in [9.17, 15) is 0 Å². The third-order valence-electron chi connectivity index (χ3n) is 3.90. The van der Waals surface area contributed by atoms with E-state index in [-0.39, 0.29) is 0 Å². The molecule has 6 nitrogen and oxygen atoms in total. The lowest BCUT2D eigenvalue weighted by Gasteiger charge is -2.25. The first-order valence-corrected chi connectivity index (χ1v) is 9.76.